The molecule has 0 saturated heterocycles. The van der Waals surface area contributed by atoms with Crippen molar-refractivity contribution in [3.63, 3.8) is 0 Å². The Morgan fingerprint density at radius 3 is 1.80 bits per heavy atom. The Morgan fingerprint density at radius 2 is 1.70 bits per heavy atom. The highest BCUT2D eigenvalue weighted by atomic mass is 14.3. The highest BCUT2D eigenvalue weighted by molar-refractivity contribution is 5.75. The molecule has 0 aromatic carbocycles. The van der Waals surface area contributed by atoms with Crippen LogP contribution in [0.3, 0.4) is 0 Å². The van der Waals surface area contributed by atoms with Gasteiger partial charge in [0.1, 0.15) is 0 Å². The summed E-state index contributed by atoms with van der Waals surface area (Å²) in [6.45, 7) is 11.4. The molecule has 0 aliphatic heterocycles. The molecule has 0 fully saturated rings. The van der Waals surface area contributed by atoms with Gasteiger partial charge < -0.3 is 5.41 Å². The molecular weight excluding hydrogens is 122 g/mol. The van der Waals surface area contributed by atoms with Crippen LogP contribution in [0.5, 0.6) is 0 Å². The van der Waals surface area contributed by atoms with E-state index in [0.717, 1.165) is 11.1 Å². The Labute approximate surface area is 64.0 Å². The number of rotatable bonds is 2. The molecule has 0 bridgehead atoms. The second-order valence-corrected chi connectivity index (χ2v) is 1.88. The molecule has 0 atom stereocenters. The topological polar surface area (TPSA) is 23.9 Å². The van der Waals surface area contributed by atoms with Crippen molar-refractivity contribution in [3.05, 3.63) is 23.8 Å². The first-order valence-electron chi connectivity index (χ1n) is 3.51. The molecule has 0 aromatic heterocycles. The van der Waals surface area contributed by atoms with Crippen LogP contribution in [0.15, 0.2) is 23.8 Å². The highest BCUT2D eigenvalue weighted by Gasteiger charge is 1.78. The first-order chi connectivity index (χ1) is 4.66. The van der Waals surface area contributed by atoms with E-state index in [2.05, 4.69) is 6.58 Å². The molecule has 1 nitrogen and oxygen atoms in total. The molecule has 0 aliphatic rings. The van der Waals surface area contributed by atoms with Gasteiger partial charge in [-0.15, -0.1) is 0 Å². The van der Waals surface area contributed by atoms with Crippen molar-refractivity contribution in [1.29, 1.82) is 5.41 Å². The summed E-state index contributed by atoms with van der Waals surface area (Å²) in [4.78, 5) is 0. The third-order valence-electron chi connectivity index (χ3n) is 0.702. The molecule has 0 unspecified atom stereocenters. The smallest absolute Gasteiger partial charge is 0.0207 e. The fraction of sp³-hybridized carbons (Fsp3) is 0.444. The van der Waals surface area contributed by atoms with Crippen molar-refractivity contribution in [1.82, 2.24) is 0 Å². The van der Waals surface area contributed by atoms with E-state index in [4.69, 9.17) is 5.41 Å². The summed E-state index contributed by atoms with van der Waals surface area (Å²) in [6.07, 6.45) is 3.18. The number of hydrogen-bond acceptors (Lipinski definition) is 1. The van der Waals surface area contributed by atoms with Crippen LogP contribution in [0.1, 0.15) is 27.7 Å². The van der Waals surface area contributed by atoms with E-state index in [-0.39, 0.29) is 0 Å². The van der Waals surface area contributed by atoms with E-state index >= 15 is 0 Å². The molecule has 0 saturated carbocycles. The van der Waals surface area contributed by atoms with Crippen LogP contribution in [-0.4, -0.2) is 6.21 Å². The Morgan fingerprint density at radius 1 is 1.30 bits per heavy atom. The first-order valence-corrected chi connectivity index (χ1v) is 3.51. The van der Waals surface area contributed by atoms with E-state index in [1.807, 2.05) is 33.8 Å². The van der Waals surface area contributed by atoms with Gasteiger partial charge in [0.2, 0.25) is 0 Å². The van der Waals surface area contributed by atoms with Gasteiger partial charge in [0.15, 0.2) is 0 Å². The lowest BCUT2D eigenvalue weighted by Gasteiger charge is -1.86. The lowest BCUT2D eigenvalue weighted by molar-refractivity contribution is 1.46. The molecule has 58 valence electrons. The second kappa shape index (κ2) is 8.15. The minimum atomic E-state index is 0.942. The van der Waals surface area contributed by atoms with Crippen molar-refractivity contribution in [2.75, 3.05) is 0 Å². The monoisotopic (exact) mass is 139 g/mol. The minimum absolute atomic E-state index is 0.942. The molecule has 0 heterocycles. The summed E-state index contributed by atoms with van der Waals surface area (Å²) >= 11 is 0. The van der Waals surface area contributed by atoms with Gasteiger partial charge >= 0.3 is 0 Å². The number of nitrogens with one attached hydrogen (secondary N) is 1. The van der Waals surface area contributed by atoms with Gasteiger partial charge in [0, 0.05) is 6.21 Å². The van der Waals surface area contributed by atoms with Crippen molar-refractivity contribution in [3.8, 4) is 0 Å². The van der Waals surface area contributed by atoms with Gasteiger partial charge in [-0.2, -0.15) is 0 Å². The largest absolute Gasteiger partial charge is 0.308 e. The third-order valence-corrected chi connectivity index (χ3v) is 0.702. The number of hydrogen-bond donors (Lipinski definition) is 1. The third kappa shape index (κ3) is 10.2. The quantitative estimate of drug-likeness (QED) is 0.449. The van der Waals surface area contributed by atoms with Crippen LogP contribution in [0.25, 0.3) is 0 Å². The molecule has 0 aromatic rings. The van der Waals surface area contributed by atoms with E-state index in [0.29, 0.717) is 0 Å². The summed E-state index contributed by atoms with van der Waals surface area (Å²) < 4.78 is 0. The van der Waals surface area contributed by atoms with Crippen LogP contribution in [0.4, 0.5) is 0 Å². The molecule has 10 heavy (non-hydrogen) atoms. The maximum Gasteiger partial charge on any atom is 0.0207 e. The van der Waals surface area contributed by atoms with Crippen LogP contribution in [0.2, 0.25) is 0 Å². The van der Waals surface area contributed by atoms with Crippen LogP contribution >= 0.6 is 0 Å². The number of allylic oxidation sites excluding steroid dienone is 3. The molecule has 0 radical (unpaired) electrons. The van der Waals surface area contributed by atoms with E-state index in [1.54, 1.807) is 0 Å². The first kappa shape index (κ1) is 11.9. The molecule has 1 heteroatoms. The zero-order valence-electron chi connectivity index (χ0n) is 7.36. The van der Waals surface area contributed by atoms with E-state index in [9.17, 15) is 0 Å². The fourth-order valence-electron chi connectivity index (χ4n) is 0.430. The van der Waals surface area contributed by atoms with Gasteiger partial charge in [0.25, 0.3) is 0 Å². The van der Waals surface area contributed by atoms with Gasteiger partial charge in [-0.3, -0.25) is 0 Å². The summed E-state index contributed by atoms with van der Waals surface area (Å²) in [5.74, 6) is 0. The summed E-state index contributed by atoms with van der Waals surface area (Å²) in [6, 6.07) is 0. The van der Waals surface area contributed by atoms with Crippen LogP contribution in [0, 0.1) is 5.41 Å². The van der Waals surface area contributed by atoms with Crippen LogP contribution < -0.4 is 0 Å². The van der Waals surface area contributed by atoms with E-state index in [1.165, 1.54) is 6.21 Å². The molecule has 0 amide bonds. The predicted molar refractivity (Wildman–Crippen MR) is 48.7 cm³/mol. The fourth-order valence-corrected chi connectivity index (χ4v) is 0.430. The Bertz CT molecular complexity index is 132. The second-order valence-electron chi connectivity index (χ2n) is 1.88. The lowest BCUT2D eigenvalue weighted by Crippen LogP contribution is -1.73. The molecular formula is C9H17N. The van der Waals surface area contributed by atoms with Gasteiger partial charge in [-0.1, -0.05) is 32.1 Å². The normalized spacial score (nSPS) is 9.40. The standard InChI is InChI=1S/C7H11N.C2H6/c1-6(2)4-7(3)5-8;1-2/h4-5,8H,1H2,2-3H3;1-2H3/b7-4-,8-5?;. The van der Waals surface area contributed by atoms with Crippen molar-refractivity contribution < 1.29 is 0 Å². The van der Waals surface area contributed by atoms with Crippen molar-refractivity contribution in [2.45, 2.75) is 27.7 Å². The zero-order chi connectivity index (χ0) is 8.57. The van der Waals surface area contributed by atoms with E-state index < -0.39 is 0 Å². The average molecular weight is 139 g/mol. The van der Waals surface area contributed by atoms with Crippen LogP contribution in [-0.2, 0) is 0 Å². The van der Waals surface area contributed by atoms with Gasteiger partial charge in [-0.25, -0.2) is 0 Å². The van der Waals surface area contributed by atoms with Gasteiger partial charge in [-0.05, 0) is 19.4 Å². The lowest BCUT2D eigenvalue weighted by atomic mass is 10.2. The molecule has 1 N–H and O–H groups in total. The van der Waals surface area contributed by atoms with Crippen molar-refractivity contribution in [2.24, 2.45) is 0 Å². The molecule has 0 rings (SSSR count). The summed E-state index contributed by atoms with van der Waals surface area (Å²) in [7, 11) is 0. The zero-order valence-corrected chi connectivity index (χ0v) is 7.36. The summed E-state index contributed by atoms with van der Waals surface area (Å²) in [5, 5.41) is 6.77. The Hall–Kier alpha value is -0.850. The average Bonchev–Trinajstić information content (AvgIpc) is 1.91. The SMILES string of the molecule is C=C(C)/C=C(/C)C=N.CC. The minimum Gasteiger partial charge on any atom is -0.308 e. The molecule has 0 aliphatic carbocycles. The Kier molecular flexibility index (Phi) is 9.69. The summed E-state index contributed by atoms with van der Waals surface area (Å²) in [5.41, 5.74) is 1.93. The maximum absolute atomic E-state index is 6.77. The predicted octanol–water partition coefficient (Wildman–Crippen LogP) is 3.18. The Balaban J connectivity index is 0. The van der Waals surface area contributed by atoms with Crippen molar-refractivity contribution >= 4 is 6.21 Å². The maximum atomic E-state index is 6.77. The highest BCUT2D eigenvalue weighted by Crippen LogP contribution is 1.94. The van der Waals surface area contributed by atoms with Gasteiger partial charge in [0.05, 0.1) is 0 Å². The molecule has 0 spiro atoms.